The topological polar surface area (TPSA) is 299 Å². The Hall–Kier alpha value is -6.53. The number of hydrogen-bond acceptors (Lipinski definition) is 14. The number of benzene rings is 6. The molecule has 2 heterocycles. The normalized spacial score (nSPS) is 11.5. The van der Waals surface area contributed by atoms with E-state index in [9.17, 15) is 24.6 Å². The lowest BCUT2D eigenvalue weighted by Gasteiger charge is -2.13. The molecule has 0 spiro atoms. The first kappa shape index (κ1) is 59.7. The highest BCUT2D eigenvalue weighted by Crippen LogP contribution is 2.35. The number of aryl methyl sites for hydroxylation is 8. The van der Waals surface area contributed by atoms with E-state index in [-0.39, 0.29) is 33.3 Å². The van der Waals surface area contributed by atoms with Gasteiger partial charge in [0.1, 0.15) is 11.6 Å². The lowest BCUT2D eigenvalue weighted by Crippen LogP contribution is -2.08. The van der Waals surface area contributed by atoms with Gasteiger partial charge >= 0.3 is 30.8 Å². The summed E-state index contributed by atoms with van der Waals surface area (Å²) in [5, 5.41) is 1.70. The highest BCUT2D eigenvalue weighted by Gasteiger charge is 2.18. The fourth-order valence-corrected chi connectivity index (χ4v) is 9.53. The Balaban J connectivity index is 0.000000229. The highest BCUT2D eigenvalue weighted by molar-refractivity contribution is 7.86. The fourth-order valence-electron chi connectivity index (χ4n) is 8.01. The Morgan fingerprint density at radius 1 is 0.390 bits per heavy atom. The molecule has 0 fully saturated rings. The lowest BCUT2D eigenvalue weighted by atomic mass is 9.97. The van der Waals surface area contributed by atoms with Crippen LogP contribution < -0.4 is 22.9 Å². The molecule has 6 aromatic carbocycles. The van der Waals surface area contributed by atoms with Crippen molar-refractivity contribution in [3.05, 3.63) is 198 Å². The predicted molar refractivity (Wildman–Crippen MR) is 299 cm³/mol. The van der Waals surface area contributed by atoms with E-state index in [1.54, 1.807) is 48.5 Å². The number of nitrogen functional groups attached to an aromatic ring is 4. The monoisotopic (exact) mass is 1190 g/mol. The van der Waals surface area contributed by atoms with Gasteiger partial charge in [-0.15, -0.1) is 7.77 Å². The maximum Gasteiger partial charge on any atom is 0.394 e. The van der Waals surface area contributed by atoms with E-state index >= 15 is 0 Å². The number of rotatable bonds is 16. The summed E-state index contributed by atoms with van der Waals surface area (Å²) in [6, 6.07) is 38.5. The summed E-state index contributed by atoms with van der Waals surface area (Å²) in [5.41, 5.74) is 34.8. The summed E-state index contributed by atoms with van der Waals surface area (Å²) < 4.78 is 102. The fraction of sp³-hybridized carbons (Fsp3) is 0.154. The molecule has 0 aliphatic rings. The van der Waals surface area contributed by atoms with Crippen LogP contribution in [0.15, 0.2) is 143 Å². The Morgan fingerprint density at radius 2 is 0.688 bits per heavy atom. The van der Waals surface area contributed by atoms with Crippen molar-refractivity contribution >= 4 is 101 Å². The van der Waals surface area contributed by atoms with Gasteiger partial charge in [0, 0.05) is 11.1 Å². The second-order valence-corrected chi connectivity index (χ2v) is 22.3. The van der Waals surface area contributed by atoms with Crippen molar-refractivity contribution in [1.82, 2.24) is 19.9 Å². The van der Waals surface area contributed by atoms with Crippen LogP contribution in [0.4, 0.5) is 31.3 Å². The Labute approximate surface area is 464 Å². The zero-order valence-corrected chi connectivity index (χ0v) is 45.8. The van der Waals surface area contributed by atoms with Crippen molar-refractivity contribution in [3.8, 4) is 22.3 Å². The molecule has 0 radical (unpaired) electrons. The number of nitrogens with zero attached hydrogens (tertiary/aromatic N) is 4. The third-order valence-corrected chi connectivity index (χ3v) is 14.7. The van der Waals surface area contributed by atoms with E-state index in [4.69, 9.17) is 86.9 Å². The second kappa shape index (κ2) is 26.2. The zero-order chi connectivity index (χ0) is 56.2. The molecule has 0 unspecified atom stereocenters. The van der Waals surface area contributed by atoms with Gasteiger partial charge in [-0.1, -0.05) is 131 Å². The van der Waals surface area contributed by atoms with E-state index in [0.29, 0.717) is 81.1 Å². The molecule has 10 N–H and O–H groups in total. The molecular formula is C52H48Cl4F2N8O8S3. The lowest BCUT2D eigenvalue weighted by molar-refractivity contribution is 0.380. The summed E-state index contributed by atoms with van der Waals surface area (Å²) in [6.45, 7) is 0. The average Bonchev–Trinajstić information content (AvgIpc) is 3.35. The summed E-state index contributed by atoms with van der Waals surface area (Å²) in [4.78, 5) is 16.5. The van der Waals surface area contributed by atoms with Gasteiger partial charge in [0.05, 0.1) is 41.3 Å². The van der Waals surface area contributed by atoms with Crippen LogP contribution in [0, 0.1) is 0 Å². The van der Waals surface area contributed by atoms with E-state index in [1.165, 1.54) is 24.3 Å². The van der Waals surface area contributed by atoms with Gasteiger partial charge in [0.15, 0.2) is 0 Å². The molecule has 0 bridgehead atoms. The smallest absolute Gasteiger partial charge is 0.383 e. The number of halogens is 6. The van der Waals surface area contributed by atoms with Crippen molar-refractivity contribution in [2.45, 2.75) is 61.2 Å². The van der Waals surface area contributed by atoms with E-state index < -0.39 is 30.8 Å². The minimum absolute atomic E-state index is 0.103. The number of nitrogens with two attached hydrogens (primary N) is 4. The van der Waals surface area contributed by atoms with Crippen molar-refractivity contribution in [2.24, 2.45) is 0 Å². The summed E-state index contributed by atoms with van der Waals surface area (Å²) in [6.07, 6.45) is 5.43. The van der Waals surface area contributed by atoms with Crippen molar-refractivity contribution < 1.29 is 42.1 Å². The predicted octanol–water partition coefficient (Wildman–Crippen LogP) is 11.0. The van der Waals surface area contributed by atoms with Crippen LogP contribution in [0.5, 0.6) is 0 Å². The molecule has 404 valence electrons. The summed E-state index contributed by atoms with van der Waals surface area (Å²) in [7, 11) is -14.0. The number of hydrogen-bond donors (Lipinski definition) is 6. The van der Waals surface area contributed by atoms with Crippen LogP contribution in [0.3, 0.4) is 0 Å². The molecule has 25 heteroatoms. The van der Waals surface area contributed by atoms with Crippen molar-refractivity contribution in [3.63, 3.8) is 0 Å². The molecule has 8 rings (SSSR count). The Kier molecular flexibility index (Phi) is 20.3. The second-order valence-electron chi connectivity index (χ2n) is 17.1. The largest absolute Gasteiger partial charge is 0.394 e. The van der Waals surface area contributed by atoms with Gasteiger partial charge in [0.25, 0.3) is 0 Å². The molecule has 16 nitrogen and oxygen atoms in total. The number of aromatic nitrogens is 4. The molecule has 8 aromatic rings. The summed E-state index contributed by atoms with van der Waals surface area (Å²) >= 11 is 24.5. The Morgan fingerprint density at radius 3 is 0.987 bits per heavy atom. The van der Waals surface area contributed by atoms with Gasteiger partial charge in [0.2, 0.25) is 11.9 Å². The van der Waals surface area contributed by atoms with Crippen molar-refractivity contribution in [1.29, 1.82) is 0 Å². The van der Waals surface area contributed by atoms with Crippen LogP contribution in [-0.2, 0) is 82.2 Å². The SMILES string of the molecule is Nc1nc(N)c(-c2ccc(Cl)c(Cl)c2)c(CCc2cccc(CCc3ccc(S(=O)(=O)F)cc3)c2)n1.Nc1nc(N)c(-c2ccc(Cl)c(Cl)c2)c(CCc2cccc(CCc3ccc(S(=O)(=O)F)cc3)c2)n1.O=S(=O)(O)O. The number of anilines is 4. The van der Waals surface area contributed by atoms with E-state index in [0.717, 1.165) is 57.3 Å². The maximum absolute atomic E-state index is 13.1. The molecule has 77 heavy (non-hydrogen) atoms. The molecule has 0 aliphatic carbocycles. The quantitative estimate of drug-likeness (QED) is 0.0387. The first-order chi connectivity index (χ1) is 36.2. The molecular weight excluding hydrogens is 1140 g/mol. The maximum atomic E-state index is 13.1. The average molecular weight is 1190 g/mol. The van der Waals surface area contributed by atoms with Gasteiger partial charge in [-0.05, 0) is 144 Å². The van der Waals surface area contributed by atoms with Gasteiger partial charge < -0.3 is 22.9 Å². The van der Waals surface area contributed by atoms with Gasteiger partial charge in [-0.25, -0.2) is 9.97 Å². The van der Waals surface area contributed by atoms with Crippen molar-refractivity contribution in [2.75, 3.05) is 22.9 Å². The van der Waals surface area contributed by atoms with E-state index in [1.807, 2.05) is 48.5 Å². The molecule has 0 saturated carbocycles. The first-order valence-corrected chi connectivity index (χ1v) is 28.5. The third-order valence-electron chi connectivity index (χ3n) is 11.6. The van der Waals surface area contributed by atoms with Crippen LogP contribution in [-0.4, -0.2) is 54.3 Å². The minimum Gasteiger partial charge on any atom is -0.383 e. The standard InChI is InChI=1S/2C26H23Cl2FN4O2S.H2O4S/c2*27-21-12-9-19(15-22(21)28)24-23(32-26(31)33-25(24)30)13-8-18-3-1-2-17(14-18)5-4-16-6-10-20(11-7-16)36(29,34)35;1-5(2,3)4/h2*1-3,6-7,9-12,14-15H,4-5,8,13H2,(H4,30,31,32,33);(H2,1,2,3,4). The van der Waals surface area contributed by atoms with Gasteiger partial charge in [-0.3, -0.25) is 9.11 Å². The molecule has 0 saturated heterocycles. The molecule has 2 aromatic heterocycles. The Bertz CT molecular complexity index is 3520. The van der Waals surface area contributed by atoms with Crippen LogP contribution >= 0.6 is 46.4 Å². The zero-order valence-electron chi connectivity index (χ0n) is 40.3. The third kappa shape index (κ3) is 18.3. The van der Waals surface area contributed by atoms with Gasteiger partial charge in [-0.2, -0.15) is 35.2 Å². The van der Waals surface area contributed by atoms with Crippen LogP contribution in [0.2, 0.25) is 20.1 Å². The first-order valence-electron chi connectivity index (χ1n) is 22.9. The molecule has 0 amide bonds. The van der Waals surface area contributed by atoms with Crippen LogP contribution in [0.1, 0.15) is 44.8 Å². The molecule has 0 atom stereocenters. The molecule has 0 aliphatic heterocycles. The highest BCUT2D eigenvalue weighted by atomic mass is 35.5. The minimum atomic E-state index is -4.69. The van der Waals surface area contributed by atoms with E-state index in [2.05, 4.69) is 32.1 Å². The summed E-state index contributed by atoms with van der Waals surface area (Å²) in [5.74, 6) is 0.755. The van der Waals surface area contributed by atoms with Crippen LogP contribution in [0.25, 0.3) is 22.3 Å².